The number of hydrogen-bond donors (Lipinski definition) is 0. The largest absolute Gasteiger partial charge is 0.444 e. The van der Waals surface area contributed by atoms with E-state index in [-0.39, 0.29) is 11.8 Å². The van der Waals surface area contributed by atoms with E-state index in [4.69, 9.17) is 4.74 Å². The molecule has 6 heteroatoms. The van der Waals surface area contributed by atoms with Crippen LogP contribution in [0.2, 0.25) is 0 Å². The summed E-state index contributed by atoms with van der Waals surface area (Å²) in [5, 5.41) is 0.570. The third-order valence-electron chi connectivity index (χ3n) is 2.98. The lowest BCUT2D eigenvalue weighted by atomic mass is 10.1. The maximum absolute atomic E-state index is 12.3. The van der Waals surface area contributed by atoms with E-state index in [1.807, 2.05) is 20.8 Å². The fourth-order valence-electron chi connectivity index (χ4n) is 2.21. The number of nitrogens with zero attached hydrogens (tertiary/aromatic N) is 2. The molecule has 0 aromatic heterocycles. The molecule has 2 rings (SSSR count). The molecular weight excluding hydrogens is 264 g/mol. The van der Waals surface area contributed by atoms with Crippen molar-refractivity contribution in [2.24, 2.45) is 4.99 Å². The molecule has 1 amide bonds. The summed E-state index contributed by atoms with van der Waals surface area (Å²) in [5.74, 6) is 0.839. The molecule has 1 atom stereocenters. The summed E-state index contributed by atoms with van der Waals surface area (Å²) in [6.07, 6.45) is 1.15. The van der Waals surface area contributed by atoms with Gasteiger partial charge in [0.1, 0.15) is 16.7 Å². The average Bonchev–Trinajstić information content (AvgIpc) is 2.97. The summed E-state index contributed by atoms with van der Waals surface area (Å²) in [5.41, 5.74) is -0.535. The number of amides is 1. The topological polar surface area (TPSA) is 59.0 Å². The molecule has 2 aliphatic heterocycles. The SMILES string of the molecule is CC(C)(C)OC(=O)N1CCC[C@H]1C(=O)C1=NCCS1. The minimum atomic E-state index is -0.535. The standard InChI is InChI=1S/C13H20N2O3S/c1-13(2,3)18-12(17)15-7-4-5-9(15)10(16)11-14-6-8-19-11/h9H,4-8H2,1-3H3/t9-/m0/s1. The third kappa shape index (κ3) is 3.49. The van der Waals surface area contributed by atoms with Crippen LogP contribution in [-0.2, 0) is 9.53 Å². The summed E-state index contributed by atoms with van der Waals surface area (Å²) in [6.45, 7) is 6.77. The normalized spacial score (nSPS) is 23.4. The molecule has 0 aliphatic carbocycles. The van der Waals surface area contributed by atoms with Crippen molar-refractivity contribution < 1.29 is 14.3 Å². The van der Waals surface area contributed by atoms with Crippen molar-refractivity contribution in [1.82, 2.24) is 4.90 Å². The van der Waals surface area contributed by atoms with Crippen LogP contribution in [0.4, 0.5) is 4.79 Å². The number of rotatable bonds is 2. The van der Waals surface area contributed by atoms with E-state index in [2.05, 4.69) is 4.99 Å². The highest BCUT2D eigenvalue weighted by Gasteiger charge is 2.38. The smallest absolute Gasteiger partial charge is 0.410 e. The van der Waals surface area contributed by atoms with Gasteiger partial charge in [-0.1, -0.05) is 0 Å². The summed E-state index contributed by atoms with van der Waals surface area (Å²) in [4.78, 5) is 30.2. The molecule has 1 saturated heterocycles. The number of hydrogen-bond acceptors (Lipinski definition) is 5. The van der Waals surface area contributed by atoms with Gasteiger partial charge in [-0.2, -0.15) is 0 Å². The van der Waals surface area contributed by atoms with Crippen molar-refractivity contribution in [1.29, 1.82) is 0 Å². The van der Waals surface area contributed by atoms with Crippen molar-refractivity contribution in [2.75, 3.05) is 18.8 Å². The highest BCUT2D eigenvalue weighted by molar-refractivity contribution is 8.16. The van der Waals surface area contributed by atoms with E-state index in [0.717, 1.165) is 12.2 Å². The van der Waals surface area contributed by atoms with E-state index in [9.17, 15) is 9.59 Å². The van der Waals surface area contributed by atoms with Crippen LogP contribution in [0, 0.1) is 0 Å². The Morgan fingerprint density at radius 3 is 2.74 bits per heavy atom. The van der Waals surface area contributed by atoms with E-state index < -0.39 is 11.7 Å². The molecule has 0 aromatic rings. The minimum absolute atomic E-state index is 0.0224. The van der Waals surface area contributed by atoms with Crippen molar-refractivity contribution in [3.63, 3.8) is 0 Å². The number of carbonyl (C=O) groups excluding carboxylic acids is 2. The highest BCUT2D eigenvalue weighted by atomic mass is 32.2. The van der Waals surface area contributed by atoms with Crippen molar-refractivity contribution in [2.45, 2.75) is 45.3 Å². The van der Waals surface area contributed by atoms with Gasteiger partial charge in [-0.15, -0.1) is 11.8 Å². The van der Waals surface area contributed by atoms with Crippen molar-refractivity contribution in [3.05, 3.63) is 0 Å². The number of thioether (sulfide) groups is 1. The van der Waals surface area contributed by atoms with Gasteiger partial charge < -0.3 is 4.74 Å². The Balaban J connectivity index is 2.04. The summed E-state index contributed by atoms with van der Waals surface area (Å²) in [7, 11) is 0. The van der Waals surface area contributed by atoms with E-state index in [0.29, 0.717) is 24.6 Å². The predicted octanol–water partition coefficient (Wildman–Crippen LogP) is 2.10. The molecule has 5 nitrogen and oxygen atoms in total. The van der Waals surface area contributed by atoms with Crippen LogP contribution in [0.5, 0.6) is 0 Å². The van der Waals surface area contributed by atoms with E-state index in [1.165, 1.54) is 11.8 Å². The molecule has 0 saturated carbocycles. The molecule has 0 aromatic carbocycles. The Labute approximate surface area is 117 Å². The molecule has 2 heterocycles. The Morgan fingerprint density at radius 1 is 1.42 bits per heavy atom. The van der Waals surface area contributed by atoms with E-state index in [1.54, 1.807) is 4.90 Å². The van der Waals surface area contributed by atoms with Crippen LogP contribution in [0.3, 0.4) is 0 Å². The lowest BCUT2D eigenvalue weighted by molar-refractivity contribution is -0.116. The van der Waals surface area contributed by atoms with Crippen molar-refractivity contribution in [3.8, 4) is 0 Å². The lowest BCUT2D eigenvalue weighted by Crippen LogP contribution is -2.44. The number of likely N-dealkylation sites (tertiary alicyclic amines) is 1. The van der Waals surface area contributed by atoms with Gasteiger partial charge in [-0.3, -0.25) is 14.7 Å². The van der Waals surface area contributed by atoms with Gasteiger partial charge in [0.05, 0.1) is 0 Å². The Morgan fingerprint density at radius 2 is 2.16 bits per heavy atom. The Kier molecular flexibility index (Phi) is 4.18. The molecule has 0 N–H and O–H groups in total. The van der Waals surface area contributed by atoms with Crippen LogP contribution >= 0.6 is 11.8 Å². The van der Waals surface area contributed by atoms with Gasteiger partial charge in [-0.25, -0.2) is 4.79 Å². The quantitative estimate of drug-likeness (QED) is 0.779. The second kappa shape index (κ2) is 5.53. The second-order valence-electron chi connectivity index (χ2n) is 5.73. The first-order chi connectivity index (χ1) is 8.88. The average molecular weight is 284 g/mol. The van der Waals surface area contributed by atoms with Gasteiger partial charge in [0, 0.05) is 18.8 Å². The van der Waals surface area contributed by atoms with Gasteiger partial charge in [0.25, 0.3) is 0 Å². The summed E-state index contributed by atoms with van der Waals surface area (Å²) in [6, 6.07) is -0.390. The zero-order valence-corrected chi connectivity index (χ0v) is 12.5. The first-order valence-electron chi connectivity index (χ1n) is 6.59. The molecule has 0 unspecified atom stereocenters. The maximum atomic E-state index is 12.3. The van der Waals surface area contributed by atoms with Crippen LogP contribution in [0.25, 0.3) is 0 Å². The fourth-order valence-corrected chi connectivity index (χ4v) is 3.04. The fraction of sp³-hybridized carbons (Fsp3) is 0.769. The predicted molar refractivity (Wildman–Crippen MR) is 75.7 cm³/mol. The Hall–Kier alpha value is -1.04. The number of ketones is 1. The molecular formula is C13H20N2O3S. The van der Waals surface area contributed by atoms with Crippen LogP contribution < -0.4 is 0 Å². The van der Waals surface area contributed by atoms with Gasteiger partial charge in [-0.05, 0) is 33.6 Å². The van der Waals surface area contributed by atoms with Crippen LogP contribution in [0.1, 0.15) is 33.6 Å². The van der Waals surface area contributed by atoms with Crippen LogP contribution in [0.15, 0.2) is 4.99 Å². The second-order valence-corrected chi connectivity index (χ2v) is 6.81. The number of carbonyl (C=O) groups is 2. The van der Waals surface area contributed by atoms with Crippen LogP contribution in [-0.4, -0.2) is 52.3 Å². The zero-order chi connectivity index (χ0) is 14.0. The molecule has 2 aliphatic rings. The maximum Gasteiger partial charge on any atom is 0.410 e. The molecule has 19 heavy (non-hydrogen) atoms. The first kappa shape index (κ1) is 14.4. The molecule has 106 valence electrons. The third-order valence-corrected chi connectivity index (χ3v) is 3.97. The minimum Gasteiger partial charge on any atom is -0.444 e. The van der Waals surface area contributed by atoms with Gasteiger partial charge >= 0.3 is 6.09 Å². The van der Waals surface area contributed by atoms with E-state index >= 15 is 0 Å². The number of ether oxygens (including phenoxy) is 1. The lowest BCUT2D eigenvalue weighted by Gasteiger charge is -2.27. The number of Topliss-reactive ketones (excluding diaryl/α,β-unsaturated/α-hetero) is 1. The van der Waals surface area contributed by atoms with Gasteiger partial charge in [0.2, 0.25) is 5.78 Å². The summed E-state index contributed by atoms with van der Waals surface area (Å²) >= 11 is 1.49. The first-order valence-corrected chi connectivity index (χ1v) is 7.58. The Bertz CT molecular complexity index is 415. The van der Waals surface area contributed by atoms with Gasteiger partial charge in [0.15, 0.2) is 0 Å². The number of aliphatic imine (C=N–C) groups is 1. The summed E-state index contributed by atoms with van der Waals surface area (Å²) < 4.78 is 5.35. The molecule has 1 fully saturated rings. The molecule has 0 radical (unpaired) electrons. The molecule has 0 bridgehead atoms. The molecule has 0 spiro atoms. The van der Waals surface area contributed by atoms with Crippen molar-refractivity contribution >= 4 is 28.7 Å². The zero-order valence-electron chi connectivity index (χ0n) is 11.6. The monoisotopic (exact) mass is 284 g/mol. The highest BCUT2D eigenvalue weighted by Crippen LogP contribution is 2.24.